The van der Waals surface area contributed by atoms with Crippen molar-refractivity contribution in [2.24, 2.45) is 4.40 Å². The Morgan fingerprint density at radius 2 is 1.64 bits per heavy atom. The summed E-state index contributed by atoms with van der Waals surface area (Å²) in [5.74, 6) is 0. The zero-order chi connectivity index (χ0) is 16.4. The van der Waals surface area contributed by atoms with Gasteiger partial charge in [0, 0.05) is 5.02 Å². The summed E-state index contributed by atoms with van der Waals surface area (Å²) in [5, 5.41) is 0.292. The number of alkyl halides is 2. The van der Waals surface area contributed by atoms with Crippen LogP contribution in [-0.4, -0.2) is 14.6 Å². The molecule has 0 unspecified atom stereocenters. The molecule has 0 aromatic heterocycles. The first-order valence-electron chi connectivity index (χ1n) is 5.92. The molecule has 0 N–H and O–H groups in total. The Hall–Kier alpha value is -0.780. The molecule has 3 nitrogen and oxygen atoms in total. The van der Waals surface area contributed by atoms with Gasteiger partial charge in [0.05, 0.1) is 11.2 Å². The van der Waals surface area contributed by atoms with Crippen LogP contribution in [-0.2, 0) is 14.4 Å². The van der Waals surface area contributed by atoms with Crippen LogP contribution in [0.1, 0.15) is 5.56 Å². The molecule has 0 saturated carbocycles. The van der Waals surface area contributed by atoms with Gasteiger partial charge in [0.15, 0.2) is 4.33 Å². The zero-order valence-electron chi connectivity index (χ0n) is 10.9. The summed E-state index contributed by atoms with van der Waals surface area (Å²) < 4.78 is 26.3. The first-order valence-corrected chi connectivity index (χ1v) is 8.87. The van der Waals surface area contributed by atoms with E-state index in [1.165, 1.54) is 18.2 Å². The van der Waals surface area contributed by atoms with Gasteiger partial charge in [0.2, 0.25) is 0 Å². The quantitative estimate of drug-likeness (QED) is 0.534. The van der Waals surface area contributed by atoms with Crippen molar-refractivity contribution in [3.8, 4) is 0 Å². The second-order valence-corrected chi connectivity index (χ2v) is 8.10. The molecule has 0 aliphatic heterocycles. The van der Waals surface area contributed by atoms with E-state index in [1.807, 2.05) is 0 Å². The van der Waals surface area contributed by atoms with E-state index in [1.54, 1.807) is 30.3 Å². The highest BCUT2D eigenvalue weighted by Gasteiger charge is 2.26. The number of benzene rings is 2. The van der Waals surface area contributed by atoms with Gasteiger partial charge in [-0.25, -0.2) is 0 Å². The number of nitrogens with zero attached hydrogens (tertiary/aromatic N) is 1. The van der Waals surface area contributed by atoms with Crippen molar-refractivity contribution in [1.29, 1.82) is 0 Å². The molecule has 0 aliphatic carbocycles. The van der Waals surface area contributed by atoms with Crippen LogP contribution in [0.5, 0.6) is 0 Å². The predicted octanol–water partition coefficient (Wildman–Crippen LogP) is 5.08. The van der Waals surface area contributed by atoms with Crippen LogP contribution in [0.4, 0.5) is 0 Å². The molecular weight excluding hydrogens is 388 g/mol. The molecule has 0 spiro atoms. The van der Waals surface area contributed by atoms with Gasteiger partial charge in [-0.1, -0.05) is 76.7 Å². The lowest BCUT2D eigenvalue weighted by atomic mass is 10.1. The summed E-state index contributed by atoms with van der Waals surface area (Å²) in [6.07, 6.45) is 0.950. The third-order valence-corrected chi connectivity index (χ3v) is 5.27. The fourth-order valence-corrected chi connectivity index (χ4v) is 3.73. The number of rotatable bonds is 4. The Morgan fingerprint density at radius 3 is 2.23 bits per heavy atom. The van der Waals surface area contributed by atoms with Gasteiger partial charge >= 0.3 is 0 Å². The third kappa shape index (κ3) is 4.15. The lowest BCUT2D eigenvalue weighted by Crippen LogP contribution is -2.13. The van der Waals surface area contributed by atoms with E-state index >= 15 is 0 Å². The highest BCUT2D eigenvalue weighted by atomic mass is 35.5. The van der Waals surface area contributed by atoms with E-state index in [-0.39, 0.29) is 9.92 Å². The molecule has 0 heterocycles. The highest BCUT2D eigenvalue weighted by Crippen LogP contribution is 2.33. The minimum absolute atomic E-state index is 0.0286. The zero-order valence-corrected chi connectivity index (χ0v) is 14.7. The lowest BCUT2D eigenvalue weighted by Gasteiger charge is -2.14. The minimum atomic E-state index is -4.04. The van der Waals surface area contributed by atoms with Crippen molar-refractivity contribution in [2.45, 2.75) is 9.23 Å². The second kappa shape index (κ2) is 6.77. The molecular formula is C14H9Cl4NO2S. The van der Waals surface area contributed by atoms with Crippen molar-refractivity contribution in [3.05, 3.63) is 64.1 Å². The summed E-state index contributed by atoms with van der Waals surface area (Å²) in [6.45, 7) is 0. The third-order valence-electron chi connectivity index (χ3n) is 2.68. The average molecular weight is 397 g/mol. The Kier molecular flexibility index (Phi) is 5.41. The van der Waals surface area contributed by atoms with E-state index in [4.69, 9.17) is 46.4 Å². The van der Waals surface area contributed by atoms with Gasteiger partial charge in [-0.05, 0) is 23.8 Å². The fraction of sp³-hybridized carbons (Fsp3) is 0.0714. The Bertz CT molecular complexity index is 805. The van der Waals surface area contributed by atoms with Gasteiger partial charge in [-0.3, -0.25) is 0 Å². The molecule has 22 heavy (non-hydrogen) atoms. The smallest absolute Gasteiger partial charge is 0.199 e. The van der Waals surface area contributed by atoms with Gasteiger partial charge in [0.25, 0.3) is 10.0 Å². The predicted molar refractivity (Wildman–Crippen MR) is 92.0 cm³/mol. The molecule has 2 aromatic carbocycles. The van der Waals surface area contributed by atoms with Crippen LogP contribution >= 0.6 is 46.4 Å². The SMILES string of the molecule is O=S(=O)(N=CC(Cl)(Cl)c1ccccc1)c1ccc(Cl)cc1Cl. The summed E-state index contributed by atoms with van der Waals surface area (Å²) >= 11 is 23.8. The van der Waals surface area contributed by atoms with Gasteiger partial charge < -0.3 is 0 Å². The van der Waals surface area contributed by atoms with E-state index in [2.05, 4.69) is 4.40 Å². The van der Waals surface area contributed by atoms with Crippen LogP contribution in [0.2, 0.25) is 10.0 Å². The molecule has 116 valence electrons. The standard InChI is InChI=1S/C14H9Cl4NO2S/c15-11-6-7-13(12(16)8-11)22(20,21)19-9-14(17,18)10-4-2-1-3-5-10/h1-9H. The van der Waals surface area contributed by atoms with Crippen molar-refractivity contribution in [3.63, 3.8) is 0 Å². The fourth-order valence-electron chi connectivity index (χ4n) is 1.61. The topological polar surface area (TPSA) is 46.5 Å². The maximum absolute atomic E-state index is 12.2. The summed E-state index contributed by atoms with van der Waals surface area (Å²) in [4.78, 5) is -0.174. The average Bonchev–Trinajstić information content (AvgIpc) is 2.46. The number of hydrogen-bond acceptors (Lipinski definition) is 2. The van der Waals surface area contributed by atoms with Crippen molar-refractivity contribution < 1.29 is 8.42 Å². The van der Waals surface area contributed by atoms with Crippen LogP contribution in [0.3, 0.4) is 0 Å². The van der Waals surface area contributed by atoms with Crippen LogP contribution in [0, 0.1) is 0 Å². The molecule has 2 aromatic rings. The first kappa shape index (κ1) is 17.6. The minimum Gasteiger partial charge on any atom is -0.199 e. The molecule has 0 radical (unpaired) electrons. The largest absolute Gasteiger partial charge is 0.283 e. The Morgan fingerprint density at radius 1 is 1.00 bits per heavy atom. The normalized spacial score (nSPS) is 12.7. The molecule has 0 atom stereocenters. The maximum Gasteiger partial charge on any atom is 0.283 e. The number of sulfonamides is 1. The molecule has 0 saturated heterocycles. The molecule has 0 aliphatic rings. The van der Waals surface area contributed by atoms with E-state index in [0.29, 0.717) is 10.6 Å². The van der Waals surface area contributed by atoms with Crippen molar-refractivity contribution >= 4 is 62.6 Å². The summed E-state index contributed by atoms with van der Waals surface area (Å²) in [5.41, 5.74) is 0.500. The van der Waals surface area contributed by atoms with Crippen molar-refractivity contribution in [2.75, 3.05) is 0 Å². The summed E-state index contributed by atoms with van der Waals surface area (Å²) in [7, 11) is -4.04. The van der Waals surface area contributed by atoms with Gasteiger partial charge in [0.1, 0.15) is 4.90 Å². The summed E-state index contributed by atoms with van der Waals surface area (Å²) in [6, 6.07) is 12.6. The molecule has 0 bridgehead atoms. The van der Waals surface area contributed by atoms with Crippen LogP contribution in [0.25, 0.3) is 0 Å². The van der Waals surface area contributed by atoms with Crippen molar-refractivity contribution in [1.82, 2.24) is 0 Å². The monoisotopic (exact) mass is 395 g/mol. The molecule has 0 amide bonds. The van der Waals surface area contributed by atoms with E-state index < -0.39 is 14.4 Å². The Balaban J connectivity index is 2.36. The van der Waals surface area contributed by atoms with Crippen LogP contribution < -0.4 is 0 Å². The molecule has 0 fully saturated rings. The lowest BCUT2D eigenvalue weighted by molar-refractivity contribution is 0.598. The molecule has 2 rings (SSSR count). The van der Waals surface area contributed by atoms with Crippen LogP contribution in [0.15, 0.2) is 57.8 Å². The van der Waals surface area contributed by atoms with Gasteiger partial charge in [-0.2, -0.15) is 12.8 Å². The number of halogens is 4. The Labute approximate surface area is 148 Å². The highest BCUT2D eigenvalue weighted by molar-refractivity contribution is 7.90. The maximum atomic E-state index is 12.2. The number of hydrogen-bond donors (Lipinski definition) is 0. The first-order chi connectivity index (χ1) is 10.2. The van der Waals surface area contributed by atoms with E-state index in [0.717, 1.165) is 6.21 Å². The molecule has 8 heteroatoms. The van der Waals surface area contributed by atoms with Gasteiger partial charge in [-0.15, -0.1) is 0 Å². The second-order valence-electron chi connectivity index (χ2n) is 4.27. The van der Waals surface area contributed by atoms with E-state index in [9.17, 15) is 8.42 Å².